The first-order chi connectivity index (χ1) is 11.0. The number of nitrogens with one attached hydrogen (secondary N) is 3. The SMILES string of the molecule is C[C@@H]1CCCC[NH+]1CC(=O)NCC(=O)Nc1ccc(F)c(F)c1. The highest BCUT2D eigenvalue weighted by Gasteiger charge is 2.24. The van der Waals surface area contributed by atoms with E-state index in [1.807, 2.05) is 0 Å². The van der Waals surface area contributed by atoms with Gasteiger partial charge in [-0.1, -0.05) is 0 Å². The van der Waals surface area contributed by atoms with E-state index in [4.69, 9.17) is 0 Å². The summed E-state index contributed by atoms with van der Waals surface area (Å²) in [6.45, 7) is 3.24. The Hall–Kier alpha value is -2.02. The van der Waals surface area contributed by atoms with Crippen molar-refractivity contribution in [3.8, 4) is 0 Å². The highest BCUT2D eigenvalue weighted by molar-refractivity contribution is 5.94. The van der Waals surface area contributed by atoms with E-state index in [0.717, 1.165) is 31.5 Å². The van der Waals surface area contributed by atoms with Crippen molar-refractivity contribution in [1.82, 2.24) is 5.32 Å². The van der Waals surface area contributed by atoms with Crippen molar-refractivity contribution in [2.24, 2.45) is 0 Å². The van der Waals surface area contributed by atoms with Gasteiger partial charge in [0.15, 0.2) is 18.2 Å². The minimum absolute atomic E-state index is 0.151. The average molecular weight is 326 g/mol. The van der Waals surface area contributed by atoms with Gasteiger partial charge in [-0.15, -0.1) is 0 Å². The van der Waals surface area contributed by atoms with Crippen LogP contribution in [0.15, 0.2) is 18.2 Å². The molecule has 1 aliphatic rings. The summed E-state index contributed by atoms with van der Waals surface area (Å²) in [5.74, 6) is -2.68. The number of carbonyl (C=O) groups excluding carboxylic acids is 2. The van der Waals surface area contributed by atoms with Gasteiger partial charge in [0.2, 0.25) is 5.91 Å². The van der Waals surface area contributed by atoms with Crippen LogP contribution in [-0.4, -0.2) is 37.5 Å². The Bertz CT molecular complexity index is 580. The second kappa shape index (κ2) is 8.01. The minimum Gasteiger partial charge on any atom is -0.342 e. The maximum absolute atomic E-state index is 13.0. The lowest BCUT2D eigenvalue weighted by Gasteiger charge is -2.29. The topological polar surface area (TPSA) is 62.6 Å². The molecule has 5 nitrogen and oxygen atoms in total. The predicted molar refractivity (Wildman–Crippen MR) is 82.0 cm³/mol. The van der Waals surface area contributed by atoms with Crippen LogP contribution in [0.3, 0.4) is 0 Å². The molecule has 2 rings (SSSR count). The summed E-state index contributed by atoms with van der Waals surface area (Å²) in [6.07, 6.45) is 3.42. The molecule has 2 atom stereocenters. The summed E-state index contributed by atoms with van der Waals surface area (Å²) in [5.41, 5.74) is 0.151. The fourth-order valence-corrected chi connectivity index (χ4v) is 2.74. The van der Waals surface area contributed by atoms with E-state index < -0.39 is 17.5 Å². The largest absolute Gasteiger partial charge is 0.342 e. The Kier molecular flexibility index (Phi) is 6.04. The van der Waals surface area contributed by atoms with Crippen molar-refractivity contribution in [2.45, 2.75) is 32.2 Å². The van der Waals surface area contributed by atoms with Gasteiger partial charge in [-0.25, -0.2) is 8.78 Å². The molecule has 7 heteroatoms. The molecule has 2 amide bonds. The lowest BCUT2D eigenvalue weighted by molar-refractivity contribution is -0.920. The maximum atomic E-state index is 13.0. The number of likely N-dealkylation sites (tertiary alicyclic amines) is 1. The lowest BCUT2D eigenvalue weighted by Crippen LogP contribution is -3.17. The molecule has 0 radical (unpaired) electrons. The van der Waals surface area contributed by atoms with Crippen LogP contribution in [0.2, 0.25) is 0 Å². The first-order valence-electron chi connectivity index (χ1n) is 7.82. The van der Waals surface area contributed by atoms with Crippen LogP contribution in [0.25, 0.3) is 0 Å². The van der Waals surface area contributed by atoms with Crippen LogP contribution in [0.4, 0.5) is 14.5 Å². The number of rotatable bonds is 5. The maximum Gasteiger partial charge on any atom is 0.275 e. The predicted octanol–water partition coefficient (Wildman–Crippen LogP) is 0.477. The quantitative estimate of drug-likeness (QED) is 0.737. The lowest BCUT2D eigenvalue weighted by atomic mass is 10.0. The Morgan fingerprint density at radius 1 is 1.22 bits per heavy atom. The molecular formula is C16H22F2N3O2+. The van der Waals surface area contributed by atoms with E-state index in [-0.39, 0.29) is 18.1 Å². The zero-order valence-electron chi connectivity index (χ0n) is 13.1. The number of benzene rings is 1. The third kappa shape index (κ3) is 5.28. The van der Waals surface area contributed by atoms with Gasteiger partial charge < -0.3 is 15.5 Å². The molecule has 1 heterocycles. The van der Waals surface area contributed by atoms with Crippen LogP contribution < -0.4 is 15.5 Å². The second-order valence-electron chi connectivity index (χ2n) is 5.94. The van der Waals surface area contributed by atoms with Crippen molar-refractivity contribution in [1.29, 1.82) is 0 Å². The summed E-state index contributed by atoms with van der Waals surface area (Å²) < 4.78 is 25.8. The van der Waals surface area contributed by atoms with Crippen LogP contribution in [0, 0.1) is 11.6 Å². The first kappa shape index (κ1) is 17.3. The van der Waals surface area contributed by atoms with Gasteiger partial charge in [-0.3, -0.25) is 9.59 Å². The van der Waals surface area contributed by atoms with Crippen molar-refractivity contribution in [3.05, 3.63) is 29.8 Å². The standard InChI is InChI=1S/C16H21F2N3O2/c1-11-4-2-3-7-21(11)10-16(23)19-9-15(22)20-12-5-6-13(17)14(18)8-12/h5-6,8,11H,2-4,7,9-10H2,1H3,(H,19,23)(H,20,22)/p+1/t11-/m1/s1. The second-order valence-corrected chi connectivity index (χ2v) is 5.94. The van der Waals surface area contributed by atoms with Crippen molar-refractivity contribution >= 4 is 17.5 Å². The minimum atomic E-state index is -1.03. The zero-order chi connectivity index (χ0) is 16.8. The van der Waals surface area contributed by atoms with Gasteiger partial charge in [-0.05, 0) is 38.3 Å². The molecule has 0 aromatic heterocycles. The van der Waals surface area contributed by atoms with E-state index in [1.165, 1.54) is 17.4 Å². The number of quaternary nitrogens is 1. The van der Waals surface area contributed by atoms with Gasteiger partial charge in [0, 0.05) is 11.8 Å². The molecule has 23 heavy (non-hydrogen) atoms. The third-order valence-corrected chi connectivity index (χ3v) is 4.12. The Balaban J connectivity index is 1.75. The van der Waals surface area contributed by atoms with E-state index in [0.29, 0.717) is 12.6 Å². The van der Waals surface area contributed by atoms with E-state index in [2.05, 4.69) is 17.6 Å². The van der Waals surface area contributed by atoms with Gasteiger partial charge in [0.25, 0.3) is 5.91 Å². The Morgan fingerprint density at radius 3 is 2.70 bits per heavy atom. The zero-order valence-corrected chi connectivity index (χ0v) is 13.1. The Morgan fingerprint density at radius 2 is 2.00 bits per heavy atom. The number of hydrogen-bond acceptors (Lipinski definition) is 2. The molecule has 1 aromatic carbocycles. The smallest absolute Gasteiger partial charge is 0.275 e. The Labute approximate surface area is 134 Å². The number of piperidine rings is 1. The fourth-order valence-electron chi connectivity index (χ4n) is 2.74. The van der Waals surface area contributed by atoms with Crippen molar-refractivity contribution in [3.63, 3.8) is 0 Å². The molecule has 3 N–H and O–H groups in total. The highest BCUT2D eigenvalue weighted by atomic mass is 19.2. The first-order valence-corrected chi connectivity index (χ1v) is 7.82. The molecule has 0 spiro atoms. The molecule has 1 unspecified atom stereocenters. The normalized spacial score (nSPS) is 20.8. The average Bonchev–Trinajstić information content (AvgIpc) is 2.51. The summed E-state index contributed by atoms with van der Waals surface area (Å²) in [7, 11) is 0. The molecule has 1 saturated heterocycles. The molecule has 0 saturated carbocycles. The monoisotopic (exact) mass is 326 g/mol. The van der Waals surface area contributed by atoms with Crippen molar-refractivity contribution in [2.75, 3.05) is 25.0 Å². The molecule has 126 valence electrons. The van der Waals surface area contributed by atoms with E-state index in [1.54, 1.807) is 0 Å². The summed E-state index contributed by atoms with van der Waals surface area (Å²) in [6, 6.07) is 3.54. The molecule has 1 aliphatic heterocycles. The van der Waals surface area contributed by atoms with E-state index >= 15 is 0 Å². The summed E-state index contributed by atoms with van der Waals surface area (Å²) >= 11 is 0. The van der Waals surface area contributed by atoms with Crippen LogP contribution in [0.1, 0.15) is 26.2 Å². The third-order valence-electron chi connectivity index (χ3n) is 4.12. The molecule has 1 fully saturated rings. The number of hydrogen-bond donors (Lipinski definition) is 3. The van der Waals surface area contributed by atoms with Crippen LogP contribution in [-0.2, 0) is 9.59 Å². The van der Waals surface area contributed by atoms with Gasteiger partial charge >= 0.3 is 0 Å². The number of amides is 2. The number of halogens is 2. The molecule has 0 bridgehead atoms. The van der Waals surface area contributed by atoms with Crippen molar-refractivity contribution < 1.29 is 23.3 Å². The van der Waals surface area contributed by atoms with Gasteiger partial charge in [0.1, 0.15) is 0 Å². The molecule has 0 aliphatic carbocycles. The van der Waals surface area contributed by atoms with Gasteiger partial charge in [-0.2, -0.15) is 0 Å². The summed E-state index contributed by atoms with van der Waals surface area (Å²) in [4.78, 5) is 24.8. The molecule has 1 aromatic rings. The van der Waals surface area contributed by atoms with E-state index in [9.17, 15) is 18.4 Å². The number of anilines is 1. The molecular weight excluding hydrogens is 304 g/mol. The summed E-state index contributed by atoms with van der Waals surface area (Å²) in [5, 5.41) is 4.97. The van der Waals surface area contributed by atoms with Crippen LogP contribution in [0.5, 0.6) is 0 Å². The highest BCUT2D eigenvalue weighted by Crippen LogP contribution is 2.12. The van der Waals surface area contributed by atoms with Crippen LogP contribution >= 0.6 is 0 Å². The number of carbonyl (C=O) groups is 2. The van der Waals surface area contributed by atoms with Gasteiger partial charge in [0.05, 0.1) is 19.1 Å². The fraction of sp³-hybridized carbons (Fsp3) is 0.500.